The van der Waals surface area contributed by atoms with Crippen LogP contribution in [0.4, 0.5) is 11.4 Å². The largest absolute Gasteiger partial charge is 0.467 e. The minimum atomic E-state index is -3.73. The Morgan fingerprint density at radius 1 is 0.971 bits per heavy atom. The number of sulfone groups is 1. The van der Waals surface area contributed by atoms with Crippen LogP contribution in [-0.2, 0) is 22.9 Å². The summed E-state index contributed by atoms with van der Waals surface area (Å²) in [5.74, 6) is 0.138. The summed E-state index contributed by atoms with van der Waals surface area (Å²) in [4.78, 5) is 23.5. The van der Waals surface area contributed by atoms with Crippen molar-refractivity contribution in [1.29, 1.82) is 0 Å². The van der Waals surface area contributed by atoms with Gasteiger partial charge in [0.05, 0.1) is 24.7 Å². The fraction of sp³-hybridized carbons (Fsp3) is 0.192. The molecule has 0 aliphatic carbocycles. The number of rotatable bonds is 8. The van der Waals surface area contributed by atoms with Gasteiger partial charge >= 0.3 is 0 Å². The fourth-order valence-corrected chi connectivity index (χ4v) is 4.00. The first-order chi connectivity index (χ1) is 16.7. The van der Waals surface area contributed by atoms with Crippen molar-refractivity contribution >= 4 is 27.1 Å². The summed E-state index contributed by atoms with van der Waals surface area (Å²) in [6.45, 7) is 4.71. The van der Waals surface area contributed by atoms with Crippen LogP contribution < -0.4 is 10.2 Å². The molecule has 2 aromatic heterocycles. The molecule has 1 amide bonds. The Bertz CT molecular complexity index is 1420. The molecule has 1 N–H and O–H groups in total. The molecule has 8 nitrogen and oxygen atoms in total. The third-order valence-corrected chi connectivity index (χ3v) is 6.23. The van der Waals surface area contributed by atoms with Gasteiger partial charge in [0.1, 0.15) is 5.76 Å². The zero-order chi connectivity index (χ0) is 25.0. The number of furan rings is 1. The van der Waals surface area contributed by atoms with E-state index in [1.165, 1.54) is 6.20 Å². The summed E-state index contributed by atoms with van der Waals surface area (Å²) in [7, 11) is -3.73. The second-order valence-electron chi connectivity index (χ2n) is 8.40. The molecule has 0 atom stereocenters. The molecule has 2 aromatic carbocycles. The first kappa shape index (κ1) is 24.2. The Morgan fingerprint density at radius 3 is 2.23 bits per heavy atom. The molecule has 0 unspecified atom stereocenters. The maximum atomic E-state index is 13.4. The number of aryl methyl sites for hydroxylation is 2. The van der Waals surface area contributed by atoms with Crippen molar-refractivity contribution in [2.75, 3.05) is 16.5 Å². The lowest BCUT2D eigenvalue weighted by Crippen LogP contribution is -2.27. The van der Waals surface area contributed by atoms with Gasteiger partial charge in [-0.2, -0.15) is 0 Å². The van der Waals surface area contributed by atoms with Gasteiger partial charge in [-0.05, 0) is 43.7 Å². The van der Waals surface area contributed by atoms with Crippen LogP contribution in [0.25, 0.3) is 0 Å². The topological polar surface area (TPSA) is 105 Å². The third-order valence-electron chi connectivity index (χ3n) is 5.37. The monoisotopic (exact) mass is 490 g/mol. The van der Waals surface area contributed by atoms with E-state index in [1.807, 2.05) is 61.2 Å². The molecule has 9 heteroatoms. The zero-order valence-corrected chi connectivity index (χ0v) is 20.5. The number of nitrogens with zero attached hydrogens (tertiary/aromatic N) is 3. The normalized spacial score (nSPS) is 11.3. The van der Waals surface area contributed by atoms with Gasteiger partial charge in [-0.3, -0.25) is 4.79 Å². The molecule has 35 heavy (non-hydrogen) atoms. The van der Waals surface area contributed by atoms with Gasteiger partial charge in [0.15, 0.2) is 5.69 Å². The van der Waals surface area contributed by atoms with E-state index in [9.17, 15) is 13.2 Å². The standard InChI is InChI=1S/C26H26N4O4S/c1-18-6-10-20(11-7-18)16-30(17-22-5-4-14-34-22)23-15-27-26(35(3,32)33)29-24(23)25(31)28-21-12-8-19(2)9-13-21/h4-15H,16-17H2,1-3H3,(H,28,31). The first-order valence-corrected chi connectivity index (χ1v) is 12.9. The number of anilines is 2. The van der Waals surface area contributed by atoms with Crippen LogP contribution in [-0.4, -0.2) is 30.5 Å². The first-order valence-electron chi connectivity index (χ1n) is 11.0. The van der Waals surface area contributed by atoms with Crippen molar-refractivity contribution in [2.45, 2.75) is 32.1 Å². The Morgan fingerprint density at radius 2 is 1.63 bits per heavy atom. The summed E-state index contributed by atoms with van der Waals surface area (Å²) >= 11 is 0. The van der Waals surface area contributed by atoms with Crippen LogP contribution in [0.15, 0.2) is 82.7 Å². The van der Waals surface area contributed by atoms with E-state index in [-0.39, 0.29) is 5.69 Å². The van der Waals surface area contributed by atoms with E-state index >= 15 is 0 Å². The molecule has 0 fully saturated rings. The quantitative estimate of drug-likeness (QED) is 0.361. The molecule has 0 spiro atoms. The van der Waals surface area contributed by atoms with Crippen LogP contribution >= 0.6 is 0 Å². The highest BCUT2D eigenvalue weighted by molar-refractivity contribution is 7.90. The highest BCUT2D eigenvalue weighted by Crippen LogP contribution is 2.25. The third kappa shape index (κ3) is 6.13. The van der Waals surface area contributed by atoms with Gasteiger partial charge in [-0.15, -0.1) is 0 Å². The van der Waals surface area contributed by atoms with Gasteiger partial charge in [-0.25, -0.2) is 18.4 Å². The van der Waals surface area contributed by atoms with Gasteiger partial charge < -0.3 is 14.6 Å². The van der Waals surface area contributed by atoms with E-state index < -0.39 is 20.9 Å². The minimum Gasteiger partial charge on any atom is -0.467 e. The Labute approximate surface area is 204 Å². The van der Waals surface area contributed by atoms with Crippen molar-refractivity contribution < 1.29 is 17.6 Å². The van der Waals surface area contributed by atoms with Crippen LogP contribution in [0.1, 0.15) is 32.9 Å². The second-order valence-corrected chi connectivity index (χ2v) is 10.3. The number of carbonyl (C=O) groups is 1. The van der Waals surface area contributed by atoms with Crippen LogP contribution in [0, 0.1) is 13.8 Å². The SMILES string of the molecule is Cc1ccc(CN(Cc2ccco2)c2cnc(S(C)(=O)=O)nc2C(=O)Nc2ccc(C)cc2)cc1. The van der Waals surface area contributed by atoms with E-state index in [2.05, 4.69) is 15.3 Å². The molecule has 180 valence electrons. The highest BCUT2D eigenvalue weighted by Gasteiger charge is 2.24. The van der Waals surface area contributed by atoms with Gasteiger partial charge in [0.25, 0.3) is 5.91 Å². The van der Waals surface area contributed by atoms with Crippen LogP contribution in [0.2, 0.25) is 0 Å². The zero-order valence-electron chi connectivity index (χ0n) is 19.7. The number of benzene rings is 2. The summed E-state index contributed by atoms with van der Waals surface area (Å²) in [6.07, 6.45) is 3.97. The molecule has 2 heterocycles. The number of hydrogen-bond donors (Lipinski definition) is 1. The average molecular weight is 491 g/mol. The number of amides is 1. The summed E-state index contributed by atoms with van der Waals surface area (Å²) in [6, 6.07) is 18.9. The van der Waals surface area contributed by atoms with Crippen molar-refractivity contribution in [1.82, 2.24) is 9.97 Å². The summed E-state index contributed by atoms with van der Waals surface area (Å²) in [5.41, 5.74) is 4.10. The van der Waals surface area contributed by atoms with Gasteiger partial charge in [0.2, 0.25) is 15.0 Å². The molecule has 0 bridgehead atoms. The Hall–Kier alpha value is -3.98. The molecule has 0 saturated heterocycles. The average Bonchev–Trinajstić information content (AvgIpc) is 3.34. The van der Waals surface area contributed by atoms with E-state index in [0.717, 1.165) is 22.9 Å². The molecule has 0 aliphatic rings. The Balaban J connectivity index is 1.77. The molecular formula is C26H26N4O4S. The van der Waals surface area contributed by atoms with E-state index in [4.69, 9.17) is 4.42 Å². The molecule has 0 aliphatic heterocycles. The number of nitrogens with one attached hydrogen (secondary N) is 1. The number of aromatic nitrogens is 2. The van der Waals surface area contributed by atoms with Crippen LogP contribution in [0.5, 0.6) is 0 Å². The van der Waals surface area contributed by atoms with E-state index in [0.29, 0.717) is 30.2 Å². The van der Waals surface area contributed by atoms with Crippen molar-refractivity contribution in [3.63, 3.8) is 0 Å². The lowest BCUT2D eigenvalue weighted by atomic mass is 10.1. The lowest BCUT2D eigenvalue weighted by Gasteiger charge is -2.25. The molecule has 4 rings (SSSR count). The fourth-order valence-electron chi connectivity index (χ4n) is 3.49. The molecule has 0 radical (unpaired) electrons. The van der Waals surface area contributed by atoms with Gasteiger partial charge in [0, 0.05) is 18.5 Å². The maximum absolute atomic E-state index is 13.4. The predicted molar refractivity (Wildman–Crippen MR) is 134 cm³/mol. The van der Waals surface area contributed by atoms with Crippen molar-refractivity contribution in [3.05, 3.63) is 101 Å². The van der Waals surface area contributed by atoms with Crippen molar-refractivity contribution in [3.8, 4) is 0 Å². The maximum Gasteiger partial charge on any atom is 0.276 e. The second kappa shape index (κ2) is 10.1. The highest BCUT2D eigenvalue weighted by atomic mass is 32.2. The number of hydrogen-bond acceptors (Lipinski definition) is 7. The smallest absolute Gasteiger partial charge is 0.276 e. The predicted octanol–water partition coefficient (Wildman–Crippen LogP) is 4.55. The Kier molecular flexibility index (Phi) is 6.97. The minimum absolute atomic E-state index is 0.0420. The lowest BCUT2D eigenvalue weighted by molar-refractivity contribution is 0.102. The van der Waals surface area contributed by atoms with Crippen molar-refractivity contribution in [2.24, 2.45) is 0 Å². The molecular weight excluding hydrogens is 464 g/mol. The molecule has 0 saturated carbocycles. The summed E-state index contributed by atoms with van der Waals surface area (Å²) in [5, 5.41) is 2.40. The van der Waals surface area contributed by atoms with E-state index in [1.54, 1.807) is 24.5 Å². The van der Waals surface area contributed by atoms with Gasteiger partial charge in [-0.1, -0.05) is 47.5 Å². The number of carbonyl (C=O) groups excluding carboxylic acids is 1. The van der Waals surface area contributed by atoms with Crippen LogP contribution in [0.3, 0.4) is 0 Å². The summed E-state index contributed by atoms with van der Waals surface area (Å²) < 4.78 is 29.9. The molecule has 4 aromatic rings.